The predicted molar refractivity (Wildman–Crippen MR) is 45.9 cm³/mol. The van der Waals surface area contributed by atoms with Gasteiger partial charge in [-0.1, -0.05) is 24.3 Å². The molecular weight excluding hydrogens is 152 g/mol. The average molecular weight is 164 g/mol. The molecule has 2 aliphatic rings. The zero-order valence-corrected chi connectivity index (χ0v) is 7.28. The van der Waals surface area contributed by atoms with E-state index in [0.29, 0.717) is 0 Å². The van der Waals surface area contributed by atoms with Crippen LogP contribution >= 0.6 is 0 Å². The van der Waals surface area contributed by atoms with Gasteiger partial charge < -0.3 is 9.47 Å². The van der Waals surface area contributed by atoms with Crippen molar-refractivity contribution in [3.63, 3.8) is 0 Å². The van der Waals surface area contributed by atoms with Gasteiger partial charge in [0.2, 0.25) is 0 Å². The van der Waals surface area contributed by atoms with Gasteiger partial charge in [0.25, 0.3) is 0 Å². The molecule has 0 N–H and O–H groups in total. The molecule has 0 saturated carbocycles. The van der Waals surface area contributed by atoms with E-state index in [1.165, 1.54) is 11.1 Å². The maximum absolute atomic E-state index is 5.34. The lowest BCUT2D eigenvalue weighted by molar-refractivity contribution is -0.0430. The minimum Gasteiger partial charge on any atom is -0.374 e. The molecule has 0 spiro atoms. The molecule has 2 aliphatic carbocycles. The highest BCUT2D eigenvalue weighted by Crippen LogP contribution is 2.38. The molecule has 2 unspecified atom stereocenters. The fourth-order valence-corrected chi connectivity index (χ4v) is 1.74. The molecule has 12 heavy (non-hydrogen) atoms. The van der Waals surface area contributed by atoms with Crippen LogP contribution in [0.1, 0.15) is 23.3 Å². The standard InChI is InChI=1S/C10H12O2/c1-11-9-7-3-5-8(6-4-7)10(9)12-2/h3-6,9-10H,1-2H3. The van der Waals surface area contributed by atoms with Gasteiger partial charge in [-0.2, -0.15) is 0 Å². The monoisotopic (exact) mass is 164 g/mol. The molecule has 0 fully saturated rings. The van der Waals surface area contributed by atoms with E-state index in [1.54, 1.807) is 14.2 Å². The van der Waals surface area contributed by atoms with E-state index in [1.807, 2.05) is 0 Å². The van der Waals surface area contributed by atoms with Crippen LogP contribution in [0.4, 0.5) is 0 Å². The Hall–Kier alpha value is -0.860. The minimum atomic E-state index is 0.0833. The molecule has 1 aromatic rings. The highest BCUT2D eigenvalue weighted by atomic mass is 16.5. The number of ether oxygens (including phenoxy) is 2. The van der Waals surface area contributed by atoms with Crippen molar-refractivity contribution < 1.29 is 9.47 Å². The van der Waals surface area contributed by atoms with Crippen LogP contribution in [-0.2, 0) is 9.47 Å². The Balaban J connectivity index is 2.40. The maximum atomic E-state index is 5.34. The third-order valence-corrected chi connectivity index (χ3v) is 2.38. The highest BCUT2D eigenvalue weighted by Gasteiger charge is 2.28. The van der Waals surface area contributed by atoms with Crippen LogP contribution in [0, 0.1) is 0 Å². The van der Waals surface area contributed by atoms with Gasteiger partial charge in [-0.25, -0.2) is 0 Å². The van der Waals surface area contributed by atoms with Crippen molar-refractivity contribution >= 4 is 0 Å². The van der Waals surface area contributed by atoms with Gasteiger partial charge in [-0.3, -0.25) is 0 Å². The molecule has 0 radical (unpaired) electrons. The van der Waals surface area contributed by atoms with Gasteiger partial charge in [-0.15, -0.1) is 0 Å². The van der Waals surface area contributed by atoms with Crippen molar-refractivity contribution in [2.75, 3.05) is 14.2 Å². The molecule has 2 nitrogen and oxygen atoms in total. The van der Waals surface area contributed by atoms with Crippen LogP contribution in [0.5, 0.6) is 0 Å². The summed E-state index contributed by atoms with van der Waals surface area (Å²) in [6, 6.07) is 8.33. The number of rotatable bonds is 2. The van der Waals surface area contributed by atoms with Gasteiger partial charge in [0, 0.05) is 14.2 Å². The number of fused-ring (bicyclic) bond motifs is 3. The lowest BCUT2D eigenvalue weighted by Gasteiger charge is -2.30. The van der Waals surface area contributed by atoms with Crippen LogP contribution in [0.15, 0.2) is 24.3 Å². The van der Waals surface area contributed by atoms with Gasteiger partial charge in [-0.05, 0) is 11.1 Å². The number of hydrogen-bond donors (Lipinski definition) is 0. The Labute approximate surface area is 72.1 Å². The predicted octanol–water partition coefficient (Wildman–Crippen LogP) is 2.08. The molecule has 0 aromatic heterocycles. The molecular formula is C10H12O2. The van der Waals surface area contributed by atoms with Gasteiger partial charge in [0.05, 0.1) is 0 Å². The van der Waals surface area contributed by atoms with E-state index in [2.05, 4.69) is 24.3 Å². The SMILES string of the molecule is COC1c2ccc(cc2)C1OC. The Bertz CT molecular complexity index is 237. The van der Waals surface area contributed by atoms with Crippen LogP contribution in [0.3, 0.4) is 0 Å². The second-order valence-corrected chi connectivity index (χ2v) is 2.98. The fraction of sp³-hybridized carbons (Fsp3) is 0.400. The molecule has 0 heterocycles. The van der Waals surface area contributed by atoms with Crippen LogP contribution in [0.2, 0.25) is 0 Å². The summed E-state index contributed by atoms with van der Waals surface area (Å²) in [6.07, 6.45) is 0.167. The van der Waals surface area contributed by atoms with Crippen molar-refractivity contribution in [2.24, 2.45) is 0 Å². The molecule has 64 valence electrons. The largest absolute Gasteiger partial charge is 0.374 e. The van der Waals surface area contributed by atoms with Crippen molar-refractivity contribution in [2.45, 2.75) is 12.2 Å². The van der Waals surface area contributed by atoms with Gasteiger partial charge in [0.15, 0.2) is 0 Å². The van der Waals surface area contributed by atoms with Crippen LogP contribution < -0.4 is 0 Å². The zero-order chi connectivity index (χ0) is 8.55. The molecule has 2 bridgehead atoms. The third kappa shape index (κ3) is 0.958. The topological polar surface area (TPSA) is 18.5 Å². The summed E-state index contributed by atoms with van der Waals surface area (Å²) in [5.41, 5.74) is 2.39. The van der Waals surface area contributed by atoms with Crippen molar-refractivity contribution in [1.82, 2.24) is 0 Å². The van der Waals surface area contributed by atoms with E-state index in [9.17, 15) is 0 Å². The summed E-state index contributed by atoms with van der Waals surface area (Å²) >= 11 is 0. The quantitative estimate of drug-likeness (QED) is 0.666. The molecule has 3 rings (SSSR count). The van der Waals surface area contributed by atoms with E-state index >= 15 is 0 Å². The fourth-order valence-electron chi connectivity index (χ4n) is 1.74. The molecule has 0 amide bonds. The van der Waals surface area contributed by atoms with E-state index < -0.39 is 0 Å². The first-order valence-electron chi connectivity index (χ1n) is 4.02. The summed E-state index contributed by atoms with van der Waals surface area (Å²) in [5.74, 6) is 0. The van der Waals surface area contributed by atoms with Gasteiger partial charge >= 0.3 is 0 Å². The molecule has 1 aromatic carbocycles. The Morgan fingerprint density at radius 1 is 0.833 bits per heavy atom. The van der Waals surface area contributed by atoms with E-state index in [0.717, 1.165) is 0 Å². The number of benzene rings is 1. The number of methoxy groups -OCH3 is 2. The maximum Gasteiger partial charge on any atom is 0.112 e. The average Bonchev–Trinajstić information content (AvgIpc) is 2.18. The summed E-state index contributed by atoms with van der Waals surface area (Å²) in [7, 11) is 3.43. The summed E-state index contributed by atoms with van der Waals surface area (Å²) in [4.78, 5) is 0. The molecule has 2 heteroatoms. The summed E-state index contributed by atoms with van der Waals surface area (Å²) in [6.45, 7) is 0. The Morgan fingerprint density at radius 2 is 1.17 bits per heavy atom. The second-order valence-electron chi connectivity index (χ2n) is 2.98. The van der Waals surface area contributed by atoms with Crippen molar-refractivity contribution in [1.29, 1.82) is 0 Å². The summed E-state index contributed by atoms with van der Waals surface area (Å²) in [5, 5.41) is 0. The van der Waals surface area contributed by atoms with Crippen molar-refractivity contribution in [3.05, 3.63) is 35.4 Å². The second kappa shape index (κ2) is 2.88. The van der Waals surface area contributed by atoms with Crippen molar-refractivity contribution in [3.8, 4) is 0 Å². The third-order valence-electron chi connectivity index (χ3n) is 2.38. The minimum absolute atomic E-state index is 0.0833. The van der Waals surface area contributed by atoms with Crippen LogP contribution in [-0.4, -0.2) is 14.2 Å². The van der Waals surface area contributed by atoms with E-state index in [4.69, 9.17) is 9.47 Å². The Morgan fingerprint density at radius 3 is 1.42 bits per heavy atom. The highest BCUT2D eigenvalue weighted by molar-refractivity contribution is 5.33. The first kappa shape index (κ1) is 7.77. The summed E-state index contributed by atoms with van der Waals surface area (Å²) < 4.78 is 10.7. The normalized spacial score (nSPS) is 26.2. The van der Waals surface area contributed by atoms with Crippen LogP contribution in [0.25, 0.3) is 0 Å². The van der Waals surface area contributed by atoms with Gasteiger partial charge in [0.1, 0.15) is 12.2 Å². The lowest BCUT2D eigenvalue weighted by atomic mass is 9.90. The van der Waals surface area contributed by atoms with E-state index in [-0.39, 0.29) is 12.2 Å². The first-order valence-corrected chi connectivity index (χ1v) is 4.02. The first-order chi connectivity index (χ1) is 5.86. The molecule has 0 saturated heterocycles. The smallest absolute Gasteiger partial charge is 0.112 e. The molecule has 0 aliphatic heterocycles. The lowest BCUT2D eigenvalue weighted by Crippen LogP contribution is -2.19. The zero-order valence-electron chi connectivity index (χ0n) is 7.28. The Kier molecular flexibility index (Phi) is 1.87. The number of hydrogen-bond acceptors (Lipinski definition) is 2. The molecule has 2 atom stereocenters.